The summed E-state index contributed by atoms with van der Waals surface area (Å²) in [5.74, 6) is -0.824. The van der Waals surface area contributed by atoms with Gasteiger partial charge < -0.3 is 10.4 Å². The van der Waals surface area contributed by atoms with Crippen molar-refractivity contribution in [3.05, 3.63) is 35.4 Å². The number of rotatable bonds is 2. The molecule has 0 unspecified atom stereocenters. The molecule has 0 radical (unpaired) electrons. The van der Waals surface area contributed by atoms with E-state index in [0.29, 0.717) is 12.2 Å². The average Bonchev–Trinajstić information content (AvgIpc) is 2.53. The van der Waals surface area contributed by atoms with Crippen LogP contribution < -0.4 is 5.32 Å². The van der Waals surface area contributed by atoms with Crippen LogP contribution in [0.1, 0.15) is 23.7 Å². The van der Waals surface area contributed by atoms with Crippen molar-refractivity contribution in [2.75, 3.05) is 5.75 Å². The van der Waals surface area contributed by atoms with Crippen LogP contribution in [0, 0.1) is 11.6 Å². The van der Waals surface area contributed by atoms with Crippen LogP contribution in [0.25, 0.3) is 0 Å². The van der Waals surface area contributed by atoms with Gasteiger partial charge in [-0.05, 0) is 18.2 Å². The Morgan fingerprint density at radius 1 is 1.40 bits per heavy atom. The van der Waals surface area contributed by atoms with Gasteiger partial charge in [0.25, 0.3) is 0 Å². The summed E-state index contributed by atoms with van der Waals surface area (Å²) in [5.41, 5.74) is 0.0865. The van der Waals surface area contributed by atoms with E-state index in [-0.39, 0.29) is 17.8 Å². The van der Waals surface area contributed by atoms with Crippen LogP contribution in [0.4, 0.5) is 13.6 Å². The number of Topliss-reactive ketones (excluding diaryl/α,β-unsaturated/α-hetero) is 1. The molecule has 20 heavy (non-hydrogen) atoms. The monoisotopic (exact) mass is 301 g/mol. The summed E-state index contributed by atoms with van der Waals surface area (Å²) in [4.78, 5) is 22.4. The van der Waals surface area contributed by atoms with Crippen LogP contribution in [-0.4, -0.2) is 28.8 Å². The first-order valence-corrected chi connectivity index (χ1v) is 7.10. The second-order valence-corrected chi connectivity index (χ2v) is 5.76. The summed E-state index contributed by atoms with van der Waals surface area (Å²) < 4.78 is 27.1. The third-order valence-electron chi connectivity index (χ3n) is 3.06. The van der Waals surface area contributed by atoms with Crippen LogP contribution in [0.5, 0.6) is 0 Å². The average molecular weight is 301 g/mol. The summed E-state index contributed by atoms with van der Waals surface area (Å²) in [6, 6.07) is 2.31. The minimum Gasteiger partial charge on any atom is -0.465 e. The maximum absolute atomic E-state index is 13.9. The van der Waals surface area contributed by atoms with Crippen molar-refractivity contribution in [2.24, 2.45) is 0 Å². The van der Waals surface area contributed by atoms with Crippen LogP contribution >= 0.6 is 11.8 Å². The van der Waals surface area contributed by atoms with E-state index in [1.54, 1.807) is 0 Å². The summed E-state index contributed by atoms with van der Waals surface area (Å²) >= 11 is 1.26. The van der Waals surface area contributed by atoms with Crippen LogP contribution in [-0.2, 0) is 4.79 Å². The first-order chi connectivity index (χ1) is 9.47. The molecule has 7 heteroatoms. The molecule has 108 valence electrons. The summed E-state index contributed by atoms with van der Waals surface area (Å²) in [7, 11) is 0. The molecule has 1 fully saturated rings. The molecule has 2 rings (SSSR count). The maximum Gasteiger partial charge on any atom is 0.404 e. The minimum atomic E-state index is -1.29. The highest BCUT2D eigenvalue weighted by Crippen LogP contribution is 2.38. The molecule has 0 saturated carbocycles. The number of ketones is 1. The fourth-order valence-electron chi connectivity index (χ4n) is 2.19. The molecule has 1 saturated heterocycles. The van der Waals surface area contributed by atoms with E-state index in [1.807, 2.05) is 0 Å². The maximum atomic E-state index is 13.9. The number of carbonyl (C=O) groups excluding carboxylic acids is 1. The zero-order valence-corrected chi connectivity index (χ0v) is 11.3. The number of hydrogen-bond acceptors (Lipinski definition) is 3. The molecule has 1 aromatic carbocycles. The number of halogens is 2. The third-order valence-corrected chi connectivity index (χ3v) is 4.45. The topological polar surface area (TPSA) is 66.4 Å². The minimum absolute atomic E-state index is 0.0140. The van der Waals surface area contributed by atoms with Gasteiger partial charge in [0.2, 0.25) is 0 Å². The van der Waals surface area contributed by atoms with Crippen LogP contribution in [0.2, 0.25) is 0 Å². The fraction of sp³-hybridized carbons (Fsp3) is 0.385. The Balaban J connectivity index is 2.35. The Kier molecular flexibility index (Phi) is 4.59. The molecule has 0 bridgehead atoms. The Morgan fingerprint density at radius 2 is 2.15 bits per heavy atom. The van der Waals surface area contributed by atoms with Gasteiger partial charge in [-0.1, -0.05) is 0 Å². The van der Waals surface area contributed by atoms with E-state index >= 15 is 0 Å². The van der Waals surface area contributed by atoms with Gasteiger partial charge in [-0.15, -0.1) is 0 Å². The van der Waals surface area contributed by atoms with E-state index in [2.05, 4.69) is 5.32 Å². The van der Waals surface area contributed by atoms with Gasteiger partial charge in [-0.2, -0.15) is 11.8 Å². The first-order valence-electron chi connectivity index (χ1n) is 6.05. The van der Waals surface area contributed by atoms with E-state index in [9.17, 15) is 18.4 Å². The second kappa shape index (κ2) is 6.21. The van der Waals surface area contributed by atoms with Crippen molar-refractivity contribution in [2.45, 2.75) is 24.1 Å². The van der Waals surface area contributed by atoms with Crippen LogP contribution in [0.15, 0.2) is 18.2 Å². The molecule has 0 aliphatic carbocycles. The SMILES string of the molecule is O=C1CCS[C@H](c2cc(F)ccc2F)[C@@H](NC(=O)O)C1. The van der Waals surface area contributed by atoms with Crippen LogP contribution in [0.3, 0.4) is 0 Å². The van der Waals surface area contributed by atoms with Gasteiger partial charge in [0.1, 0.15) is 17.4 Å². The van der Waals surface area contributed by atoms with Crippen molar-refractivity contribution in [3.8, 4) is 0 Å². The lowest BCUT2D eigenvalue weighted by molar-refractivity contribution is -0.119. The summed E-state index contributed by atoms with van der Waals surface area (Å²) in [5, 5.41) is 10.4. The van der Waals surface area contributed by atoms with Gasteiger partial charge in [0, 0.05) is 24.2 Å². The standard InChI is InChI=1S/C13H13F2NO3S/c14-7-1-2-10(15)9(5-7)12-11(16-13(18)19)6-8(17)3-4-20-12/h1-2,5,11-12,16H,3-4,6H2,(H,18,19)/t11-,12+/m0/s1. The largest absolute Gasteiger partial charge is 0.465 e. The molecule has 1 aliphatic rings. The van der Waals surface area contributed by atoms with E-state index < -0.39 is 29.0 Å². The lowest BCUT2D eigenvalue weighted by Crippen LogP contribution is -2.38. The molecule has 0 spiro atoms. The Hall–Kier alpha value is -1.63. The Morgan fingerprint density at radius 3 is 2.85 bits per heavy atom. The summed E-state index contributed by atoms with van der Waals surface area (Å²) in [6.07, 6.45) is -0.998. The Bertz CT molecular complexity index is 538. The lowest BCUT2D eigenvalue weighted by Gasteiger charge is -2.24. The number of amides is 1. The second-order valence-electron chi connectivity index (χ2n) is 4.51. The van der Waals surface area contributed by atoms with Gasteiger partial charge in [-0.3, -0.25) is 4.79 Å². The highest BCUT2D eigenvalue weighted by molar-refractivity contribution is 7.99. The Labute approximate surface area is 118 Å². The first kappa shape index (κ1) is 14.8. The molecule has 1 heterocycles. The van der Waals surface area contributed by atoms with Crippen molar-refractivity contribution < 1.29 is 23.5 Å². The lowest BCUT2D eigenvalue weighted by atomic mass is 9.99. The zero-order valence-electron chi connectivity index (χ0n) is 10.4. The van der Waals surface area contributed by atoms with Gasteiger partial charge in [0.05, 0.1) is 11.3 Å². The number of hydrogen-bond donors (Lipinski definition) is 2. The third kappa shape index (κ3) is 3.47. The highest BCUT2D eigenvalue weighted by atomic mass is 32.2. The summed E-state index contributed by atoms with van der Waals surface area (Å²) in [6.45, 7) is 0. The zero-order chi connectivity index (χ0) is 14.7. The molecular formula is C13H13F2NO3S. The molecule has 2 atom stereocenters. The van der Waals surface area contributed by atoms with Crippen molar-refractivity contribution >= 4 is 23.6 Å². The molecule has 2 N–H and O–H groups in total. The fourth-order valence-corrected chi connectivity index (χ4v) is 3.55. The van der Waals surface area contributed by atoms with Gasteiger partial charge in [0.15, 0.2) is 0 Å². The van der Waals surface area contributed by atoms with Gasteiger partial charge in [-0.25, -0.2) is 13.6 Å². The molecule has 0 aromatic heterocycles. The molecule has 1 aromatic rings. The van der Waals surface area contributed by atoms with Crippen molar-refractivity contribution in [3.63, 3.8) is 0 Å². The molecule has 1 aliphatic heterocycles. The van der Waals surface area contributed by atoms with E-state index in [1.165, 1.54) is 11.8 Å². The normalized spacial score (nSPS) is 23.2. The predicted molar refractivity (Wildman–Crippen MR) is 70.7 cm³/mol. The van der Waals surface area contributed by atoms with Crippen molar-refractivity contribution in [1.82, 2.24) is 5.32 Å². The van der Waals surface area contributed by atoms with Gasteiger partial charge >= 0.3 is 6.09 Å². The number of carboxylic acid groups (broad SMARTS) is 1. The number of thioether (sulfide) groups is 1. The molecule has 4 nitrogen and oxygen atoms in total. The highest BCUT2D eigenvalue weighted by Gasteiger charge is 2.32. The molecular weight excluding hydrogens is 288 g/mol. The van der Waals surface area contributed by atoms with Crippen molar-refractivity contribution in [1.29, 1.82) is 0 Å². The quantitative estimate of drug-likeness (QED) is 0.881. The molecule has 1 amide bonds. The number of benzene rings is 1. The number of carbonyl (C=O) groups is 2. The predicted octanol–water partition coefficient (Wildman–Crippen LogP) is 2.74. The smallest absolute Gasteiger partial charge is 0.404 e. The number of nitrogens with one attached hydrogen (secondary N) is 1. The van der Waals surface area contributed by atoms with E-state index in [4.69, 9.17) is 5.11 Å². The van der Waals surface area contributed by atoms with E-state index in [0.717, 1.165) is 18.2 Å².